The van der Waals surface area contributed by atoms with Crippen molar-refractivity contribution in [2.75, 3.05) is 44.7 Å². The second-order valence-electron chi connectivity index (χ2n) is 7.53. The number of anilines is 1. The number of carbonyl (C=O) groups excluding carboxylic acids is 1. The van der Waals surface area contributed by atoms with E-state index in [1.165, 1.54) is 44.3 Å². The molecule has 2 atom stereocenters. The molecule has 2 N–H and O–H groups in total. The highest BCUT2D eigenvalue weighted by Gasteiger charge is 2.22. The van der Waals surface area contributed by atoms with Gasteiger partial charge in [0, 0.05) is 32.0 Å². The highest BCUT2D eigenvalue weighted by atomic mass is 16.5. The Morgan fingerprint density at radius 1 is 1.24 bits per heavy atom. The number of hydrogen-bond acceptors (Lipinski definition) is 3. The van der Waals surface area contributed by atoms with Crippen LogP contribution in [0.1, 0.15) is 31.2 Å². The Balaban J connectivity index is 1.35. The number of carbonyl (C=O) groups is 1. The van der Waals surface area contributed by atoms with E-state index in [2.05, 4.69) is 15.5 Å². The number of aryl methyl sites for hydroxylation is 1. The summed E-state index contributed by atoms with van der Waals surface area (Å²) < 4.78 is 5.47. The van der Waals surface area contributed by atoms with E-state index >= 15 is 0 Å². The summed E-state index contributed by atoms with van der Waals surface area (Å²) in [4.78, 5) is 14.6. The summed E-state index contributed by atoms with van der Waals surface area (Å²) in [6, 6.07) is 7.77. The summed E-state index contributed by atoms with van der Waals surface area (Å²) in [5, 5.41) is 5.94. The number of nitrogens with zero attached hydrogens (tertiary/aromatic N) is 1. The molecule has 1 aromatic rings. The molecular formula is C20H31N3O2. The van der Waals surface area contributed by atoms with Crippen LogP contribution in [0, 0.1) is 18.8 Å². The van der Waals surface area contributed by atoms with E-state index < -0.39 is 0 Å². The summed E-state index contributed by atoms with van der Waals surface area (Å²) in [6.45, 7) is 8.13. The van der Waals surface area contributed by atoms with Crippen molar-refractivity contribution in [3.8, 4) is 0 Å². The molecule has 2 saturated heterocycles. The lowest BCUT2D eigenvalue weighted by Crippen LogP contribution is -2.42. The lowest BCUT2D eigenvalue weighted by molar-refractivity contribution is 0.153. The van der Waals surface area contributed by atoms with Crippen molar-refractivity contribution >= 4 is 11.7 Å². The maximum absolute atomic E-state index is 12.1. The van der Waals surface area contributed by atoms with E-state index in [0.717, 1.165) is 37.9 Å². The normalized spacial score (nSPS) is 24.2. The molecule has 0 saturated carbocycles. The van der Waals surface area contributed by atoms with Crippen molar-refractivity contribution in [2.24, 2.45) is 11.8 Å². The first-order chi connectivity index (χ1) is 12.2. The smallest absolute Gasteiger partial charge is 0.319 e. The van der Waals surface area contributed by atoms with Gasteiger partial charge in [0.05, 0.1) is 0 Å². The fraction of sp³-hybridized carbons (Fsp3) is 0.650. The second kappa shape index (κ2) is 9.20. The predicted molar refractivity (Wildman–Crippen MR) is 101 cm³/mol. The third-order valence-electron chi connectivity index (χ3n) is 5.34. The van der Waals surface area contributed by atoms with Crippen molar-refractivity contribution in [3.05, 3.63) is 29.8 Å². The first-order valence-corrected chi connectivity index (χ1v) is 9.60. The first-order valence-electron chi connectivity index (χ1n) is 9.60. The Morgan fingerprint density at radius 3 is 2.84 bits per heavy atom. The van der Waals surface area contributed by atoms with Crippen LogP contribution in [0.15, 0.2) is 24.3 Å². The Hall–Kier alpha value is -1.59. The van der Waals surface area contributed by atoms with Gasteiger partial charge in [0.2, 0.25) is 0 Å². The van der Waals surface area contributed by atoms with Gasteiger partial charge >= 0.3 is 6.03 Å². The molecule has 0 spiro atoms. The molecule has 2 aliphatic rings. The number of nitrogens with one attached hydrogen (secondary N) is 2. The number of hydrogen-bond donors (Lipinski definition) is 2. The van der Waals surface area contributed by atoms with Crippen LogP contribution in [-0.2, 0) is 4.74 Å². The molecule has 2 aliphatic heterocycles. The van der Waals surface area contributed by atoms with Gasteiger partial charge in [-0.05, 0) is 69.7 Å². The largest absolute Gasteiger partial charge is 0.381 e. The average molecular weight is 345 g/mol. The van der Waals surface area contributed by atoms with Gasteiger partial charge in [-0.1, -0.05) is 17.7 Å². The van der Waals surface area contributed by atoms with Gasteiger partial charge in [0.15, 0.2) is 0 Å². The summed E-state index contributed by atoms with van der Waals surface area (Å²) in [7, 11) is 0. The van der Waals surface area contributed by atoms with Gasteiger partial charge in [-0.25, -0.2) is 4.79 Å². The van der Waals surface area contributed by atoms with Crippen LogP contribution < -0.4 is 10.6 Å². The van der Waals surface area contributed by atoms with Gasteiger partial charge in [-0.2, -0.15) is 0 Å². The van der Waals surface area contributed by atoms with Crippen LogP contribution in [-0.4, -0.2) is 50.3 Å². The predicted octanol–water partition coefficient (Wildman–Crippen LogP) is 3.26. The van der Waals surface area contributed by atoms with Crippen molar-refractivity contribution in [2.45, 2.75) is 32.6 Å². The quantitative estimate of drug-likeness (QED) is 0.832. The van der Waals surface area contributed by atoms with Gasteiger partial charge in [0.1, 0.15) is 0 Å². The number of urea groups is 1. The molecule has 0 radical (unpaired) electrons. The number of ether oxygens (including phenoxy) is 1. The zero-order chi connectivity index (χ0) is 17.5. The minimum atomic E-state index is -0.107. The Labute approximate surface area is 151 Å². The minimum Gasteiger partial charge on any atom is -0.381 e. The molecule has 2 heterocycles. The van der Waals surface area contributed by atoms with Gasteiger partial charge < -0.3 is 20.3 Å². The zero-order valence-electron chi connectivity index (χ0n) is 15.3. The van der Waals surface area contributed by atoms with E-state index in [4.69, 9.17) is 4.74 Å². The third-order valence-corrected chi connectivity index (χ3v) is 5.34. The summed E-state index contributed by atoms with van der Waals surface area (Å²) in [6.07, 6.45) is 4.90. The Morgan fingerprint density at radius 2 is 2.08 bits per heavy atom. The second-order valence-corrected chi connectivity index (χ2v) is 7.53. The molecule has 1 aromatic carbocycles. The van der Waals surface area contributed by atoms with Crippen LogP contribution in [0.3, 0.4) is 0 Å². The van der Waals surface area contributed by atoms with Gasteiger partial charge in [0.25, 0.3) is 0 Å². The fourth-order valence-corrected chi connectivity index (χ4v) is 3.75. The molecule has 5 heteroatoms. The van der Waals surface area contributed by atoms with E-state index in [1.54, 1.807) is 0 Å². The van der Waals surface area contributed by atoms with Crippen LogP contribution in [0.5, 0.6) is 0 Å². The van der Waals surface area contributed by atoms with Crippen LogP contribution in [0.2, 0.25) is 0 Å². The first kappa shape index (κ1) is 18.2. The molecule has 0 bridgehead atoms. The Kier molecular flexibility index (Phi) is 6.70. The van der Waals surface area contributed by atoms with E-state index in [9.17, 15) is 4.79 Å². The van der Waals surface area contributed by atoms with Crippen LogP contribution in [0.4, 0.5) is 10.5 Å². The zero-order valence-corrected chi connectivity index (χ0v) is 15.3. The molecule has 138 valence electrons. The summed E-state index contributed by atoms with van der Waals surface area (Å²) in [5.74, 6) is 1.30. The number of benzene rings is 1. The molecule has 2 unspecified atom stereocenters. The summed E-state index contributed by atoms with van der Waals surface area (Å²) in [5.41, 5.74) is 2.03. The summed E-state index contributed by atoms with van der Waals surface area (Å²) >= 11 is 0. The number of likely N-dealkylation sites (tertiary alicyclic amines) is 1. The third kappa shape index (κ3) is 6.01. The molecule has 25 heavy (non-hydrogen) atoms. The highest BCUT2D eigenvalue weighted by Crippen LogP contribution is 2.20. The van der Waals surface area contributed by atoms with E-state index in [0.29, 0.717) is 5.92 Å². The molecule has 0 aliphatic carbocycles. The lowest BCUT2D eigenvalue weighted by atomic mass is 9.97. The van der Waals surface area contributed by atoms with E-state index in [1.807, 2.05) is 31.2 Å². The standard InChI is InChI=1S/C20H31N3O2/c1-16-4-6-19(7-5-16)22-20(24)21-13-18-3-2-10-23(14-18)11-8-17-9-12-25-15-17/h4-7,17-18H,2-3,8-15H2,1H3,(H2,21,22,24). The van der Waals surface area contributed by atoms with Crippen LogP contribution in [0.25, 0.3) is 0 Å². The lowest BCUT2D eigenvalue weighted by Gasteiger charge is -2.33. The van der Waals surface area contributed by atoms with Crippen molar-refractivity contribution < 1.29 is 9.53 Å². The SMILES string of the molecule is Cc1ccc(NC(=O)NCC2CCCN(CCC3CCOC3)C2)cc1. The van der Waals surface area contributed by atoms with Gasteiger partial charge in [-0.3, -0.25) is 0 Å². The topological polar surface area (TPSA) is 53.6 Å². The average Bonchev–Trinajstić information content (AvgIpc) is 3.14. The van der Waals surface area contributed by atoms with E-state index in [-0.39, 0.29) is 6.03 Å². The molecule has 2 amide bonds. The maximum Gasteiger partial charge on any atom is 0.319 e. The van der Waals surface area contributed by atoms with Gasteiger partial charge in [-0.15, -0.1) is 0 Å². The van der Waals surface area contributed by atoms with Crippen molar-refractivity contribution in [1.82, 2.24) is 10.2 Å². The number of piperidine rings is 1. The molecule has 2 fully saturated rings. The Bertz CT molecular complexity index is 540. The minimum absolute atomic E-state index is 0.107. The maximum atomic E-state index is 12.1. The molecule has 5 nitrogen and oxygen atoms in total. The number of rotatable bonds is 6. The molecule has 0 aromatic heterocycles. The monoisotopic (exact) mass is 345 g/mol. The number of amides is 2. The van der Waals surface area contributed by atoms with Crippen molar-refractivity contribution in [3.63, 3.8) is 0 Å². The molecular weight excluding hydrogens is 314 g/mol. The van der Waals surface area contributed by atoms with Crippen LogP contribution >= 0.6 is 0 Å². The van der Waals surface area contributed by atoms with Crippen molar-refractivity contribution in [1.29, 1.82) is 0 Å². The molecule has 3 rings (SSSR count). The highest BCUT2D eigenvalue weighted by molar-refractivity contribution is 5.89. The fourth-order valence-electron chi connectivity index (χ4n) is 3.75.